The van der Waals surface area contributed by atoms with Crippen LogP contribution in [0.25, 0.3) is 0 Å². The molecule has 4 atom stereocenters. The van der Waals surface area contributed by atoms with Crippen LogP contribution in [0.15, 0.2) is 102 Å². The second kappa shape index (κ2) is 12.9. The van der Waals surface area contributed by atoms with Crippen LogP contribution in [0.2, 0.25) is 0 Å². The molecule has 0 radical (unpaired) electrons. The predicted molar refractivity (Wildman–Crippen MR) is 143 cm³/mol. The van der Waals surface area contributed by atoms with Crippen molar-refractivity contribution in [2.24, 2.45) is 29.6 Å². The molecule has 7 rings (SSSR count). The summed E-state index contributed by atoms with van der Waals surface area (Å²) >= 11 is 0. The van der Waals surface area contributed by atoms with Crippen LogP contribution in [0.4, 0.5) is 0 Å². The molecular weight excluding hydrogens is 468 g/mol. The van der Waals surface area contributed by atoms with Crippen molar-refractivity contribution in [1.29, 1.82) is 0 Å². The average Bonchev–Trinajstić information content (AvgIpc) is 2.90. The third-order valence-electron chi connectivity index (χ3n) is 7.09. The minimum atomic E-state index is -1.21. The van der Waals surface area contributed by atoms with Gasteiger partial charge in [-0.2, -0.15) is 0 Å². The molecule has 1 aromatic rings. The van der Waals surface area contributed by atoms with Crippen molar-refractivity contribution < 1.29 is 29.7 Å². The fraction of sp³-hybridized carbons (Fsp3) is 0.323. The molecule has 0 heterocycles. The molecule has 4 bridgehead atoms. The maximum Gasteiger partial charge on any atom is 0.336 e. The molecule has 3 N–H and O–H groups in total. The first kappa shape index (κ1) is 27.7. The zero-order valence-corrected chi connectivity index (χ0v) is 21.1. The molecule has 0 saturated carbocycles. The minimum absolute atomic E-state index is 0.0466. The monoisotopic (exact) mass is 502 g/mol. The Hall–Kier alpha value is -3.93. The summed E-state index contributed by atoms with van der Waals surface area (Å²) < 4.78 is 0. The maximum absolute atomic E-state index is 11.6. The van der Waals surface area contributed by atoms with Gasteiger partial charge in [-0.3, -0.25) is 4.79 Å². The van der Waals surface area contributed by atoms with Gasteiger partial charge in [-0.25, -0.2) is 9.59 Å². The molecule has 6 aliphatic rings. The van der Waals surface area contributed by atoms with Crippen LogP contribution < -0.4 is 0 Å². The highest BCUT2D eigenvalue weighted by molar-refractivity contribution is 6.05. The predicted octanol–water partition coefficient (Wildman–Crippen LogP) is 6.03. The molecule has 0 amide bonds. The smallest absolute Gasteiger partial charge is 0.336 e. The van der Waals surface area contributed by atoms with E-state index in [1.54, 1.807) is 13.0 Å². The highest BCUT2D eigenvalue weighted by Gasteiger charge is 2.24. The van der Waals surface area contributed by atoms with Crippen molar-refractivity contribution in [3.8, 4) is 0 Å². The Balaban J connectivity index is 0.000000248. The number of hydrogen-bond donors (Lipinski definition) is 3. The topological polar surface area (TPSA) is 112 Å². The summed E-state index contributed by atoms with van der Waals surface area (Å²) in [5.74, 6) is -3.12. The van der Waals surface area contributed by atoms with Crippen LogP contribution in [0.5, 0.6) is 0 Å². The number of aliphatic carboxylic acids is 3. The average molecular weight is 503 g/mol. The number of allylic oxidation sites excluding steroid dienone is 10. The molecule has 0 aromatic heterocycles. The van der Waals surface area contributed by atoms with Crippen LogP contribution >= 0.6 is 0 Å². The van der Waals surface area contributed by atoms with Crippen LogP contribution in [-0.4, -0.2) is 33.2 Å². The summed E-state index contributed by atoms with van der Waals surface area (Å²) in [6, 6.07) is 9.72. The Morgan fingerprint density at radius 1 is 0.676 bits per heavy atom. The van der Waals surface area contributed by atoms with E-state index in [-0.39, 0.29) is 40.7 Å². The van der Waals surface area contributed by atoms with Crippen LogP contribution in [-0.2, 0) is 14.4 Å². The van der Waals surface area contributed by atoms with Gasteiger partial charge in [0.1, 0.15) is 0 Å². The second-order valence-corrected chi connectivity index (χ2v) is 9.70. The Kier molecular flexibility index (Phi) is 9.61. The van der Waals surface area contributed by atoms with Crippen molar-refractivity contribution >= 4 is 17.9 Å². The molecular formula is C31H34O6. The maximum atomic E-state index is 11.6. The fourth-order valence-electron chi connectivity index (χ4n) is 4.53. The molecule has 6 heteroatoms. The van der Waals surface area contributed by atoms with Crippen molar-refractivity contribution in [3.05, 3.63) is 108 Å². The van der Waals surface area contributed by atoms with Crippen molar-refractivity contribution in [1.82, 2.24) is 0 Å². The van der Waals surface area contributed by atoms with Gasteiger partial charge in [0, 0.05) is 11.8 Å². The standard InChI is InChI=1S/C20H20O4.C11H14O2/c21-19(22)17-11-15-7-3-13(4-8-15)1-2-14-5-9-16(10-6-14)12-18(17)20(23)24;1-8(9(2)11(12)13)10-6-4-3-5-7-10/h1-5,7-9,11-16H,6,10H2,(H,21,22)(H,23,24);3-9H,1-2H3,(H,12,13)/b2-1-,17-11-,18-12+;. The van der Waals surface area contributed by atoms with E-state index in [0.29, 0.717) is 5.92 Å². The Morgan fingerprint density at radius 2 is 1.16 bits per heavy atom. The van der Waals surface area contributed by atoms with Crippen LogP contribution in [0, 0.1) is 29.6 Å². The van der Waals surface area contributed by atoms with Gasteiger partial charge < -0.3 is 15.3 Å². The first-order valence-corrected chi connectivity index (χ1v) is 12.6. The van der Waals surface area contributed by atoms with Gasteiger partial charge in [-0.15, -0.1) is 0 Å². The van der Waals surface area contributed by atoms with E-state index in [1.807, 2.05) is 67.6 Å². The highest BCUT2D eigenvalue weighted by atomic mass is 16.4. The third-order valence-corrected chi connectivity index (χ3v) is 7.09. The lowest BCUT2D eigenvalue weighted by molar-refractivity contribution is -0.141. The Bertz CT molecular complexity index is 1150. The number of carboxylic acid groups (broad SMARTS) is 3. The summed E-state index contributed by atoms with van der Waals surface area (Å²) in [5.41, 5.74) is 0.799. The summed E-state index contributed by atoms with van der Waals surface area (Å²) in [4.78, 5) is 34.0. The zero-order chi connectivity index (χ0) is 26.9. The first-order chi connectivity index (χ1) is 17.7. The van der Waals surface area contributed by atoms with E-state index >= 15 is 0 Å². The van der Waals surface area contributed by atoms with E-state index < -0.39 is 17.9 Å². The quantitative estimate of drug-likeness (QED) is 0.424. The Labute approximate surface area is 217 Å². The molecule has 1 aromatic carbocycles. The number of carboxylic acids is 3. The molecule has 0 aliphatic heterocycles. The van der Waals surface area contributed by atoms with Gasteiger partial charge in [0.25, 0.3) is 0 Å². The van der Waals surface area contributed by atoms with Crippen molar-refractivity contribution in [2.75, 3.05) is 0 Å². The van der Waals surface area contributed by atoms with Gasteiger partial charge in [0.15, 0.2) is 0 Å². The summed E-state index contributed by atoms with van der Waals surface area (Å²) in [7, 11) is 0. The molecule has 0 fully saturated rings. The fourth-order valence-corrected chi connectivity index (χ4v) is 4.53. The third kappa shape index (κ3) is 7.78. The van der Waals surface area contributed by atoms with Crippen molar-refractivity contribution in [3.63, 3.8) is 0 Å². The number of rotatable bonds is 5. The van der Waals surface area contributed by atoms with Gasteiger partial charge >= 0.3 is 17.9 Å². The van der Waals surface area contributed by atoms with Crippen LogP contribution in [0.1, 0.15) is 38.2 Å². The molecule has 6 nitrogen and oxygen atoms in total. The highest BCUT2D eigenvalue weighted by Crippen LogP contribution is 2.29. The SMILES string of the molecule is CC(C(=O)O)C(C)c1ccccc1.O=C(O)C1=C\C2C=CC(C=C2)/C=C\C2C=CC(/C=C\1C(=O)O)CC2. The molecule has 6 aliphatic carbocycles. The lowest BCUT2D eigenvalue weighted by atomic mass is 9.84. The summed E-state index contributed by atoms with van der Waals surface area (Å²) in [5, 5.41) is 27.8. The Morgan fingerprint density at radius 3 is 1.70 bits per heavy atom. The molecule has 0 spiro atoms. The lowest BCUT2D eigenvalue weighted by Gasteiger charge is -2.21. The molecule has 0 saturated heterocycles. The van der Waals surface area contributed by atoms with E-state index in [1.165, 1.54) is 6.08 Å². The van der Waals surface area contributed by atoms with Gasteiger partial charge in [0.05, 0.1) is 17.1 Å². The van der Waals surface area contributed by atoms with E-state index in [9.17, 15) is 24.6 Å². The van der Waals surface area contributed by atoms with E-state index in [4.69, 9.17) is 5.11 Å². The largest absolute Gasteiger partial charge is 0.481 e. The molecule has 4 unspecified atom stereocenters. The van der Waals surface area contributed by atoms with E-state index in [0.717, 1.165) is 18.4 Å². The molecule has 194 valence electrons. The minimum Gasteiger partial charge on any atom is -0.481 e. The van der Waals surface area contributed by atoms with Gasteiger partial charge in [0.2, 0.25) is 0 Å². The number of hydrogen-bond acceptors (Lipinski definition) is 3. The zero-order valence-electron chi connectivity index (χ0n) is 21.1. The normalized spacial score (nSPS) is 29.4. The molecule has 37 heavy (non-hydrogen) atoms. The van der Waals surface area contributed by atoms with E-state index in [2.05, 4.69) is 18.2 Å². The van der Waals surface area contributed by atoms with Gasteiger partial charge in [-0.1, -0.05) is 105 Å². The van der Waals surface area contributed by atoms with Gasteiger partial charge in [-0.05, 0) is 36.2 Å². The van der Waals surface area contributed by atoms with Crippen molar-refractivity contribution in [2.45, 2.75) is 32.6 Å². The lowest BCUT2D eigenvalue weighted by Crippen LogP contribution is -2.16. The van der Waals surface area contributed by atoms with Crippen LogP contribution in [0.3, 0.4) is 0 Å². The summed E-state index contributed by atoms with van der Waals surface area (Å²) in [6.07, 6.45) is 21.1. The summed E-state index contributed by atoms with van der Waals surface area (Å²) in [6.45, 7) is 3.67. The second-order valence-electron chi connectivity index (χ2n) is 9.70. The number of benzene rings is 1. The number of carbonyl (C=O) groups is 3. The first-order valence-electron chi connectivity index (χ1n) is 12.6.